The number of carbonyl (C=O) groups is 3. The fourth-order valence-electron chi connectivity index (χ4n) is 2.40. The first-order valence-corrected chi connectivity index (χ1v) is 9.33. The van der Waals surface area contributed by atoms with Crippen LogP contribution in [0.15, 0.2) is 65.1 Å². The zero-order valence-corrected chi connectivity index (χ0v) is 16.9. The van der Waals surface area contributed by atoms with Crippen LogP contribution in [0, 0.1) is 10.1 Å². The molecule has 3 aromatic rings. The summed E-state index contributed by atoms with van der Waals surface area (Å²) >= 11 is 5.83. The molecule has 0 saturated heterocycles. The van der Waals surface area contributed by atoms with Gasteiger partial charge in [-0.3, -0.25) is 30.4 Å². The minimum atomic E-state index is -0.997. The van der Waals surface area contributed by atoms with Gasteiger partial charge in [-0.25, -0.2) is 10.2 Å². The number of rotatable bonds is 6. The van der Waals surface area contributed by atoms with Gasteiger partial charge in [0.15, 0.2) is 12.4 Å². The van der Waals surface area contributed by atoms with Crippen LogP contribution < -0.4 is 20.9 Å². The van der Waals surface area contributed by atoms with E-state index in [-0.39, 0.29) is 17.2 Å². The van der Waals surface area contributed by atoms with Gasteiger partial charge in [-0.1, -0.05) is 11.6 Å². The molecule has 32 heavy (non-hydrogen) atoms. The van der Waals surface area contributed by atoms with Crippen molar-refractivity contribution < 1.29 is 28.5 Å². The molecule has 0 unspecified atom stereocenters. The highest BCUT2D eigenvalue weighted by Gasteiger charge is 2.16. The van der Waals surface area contributed by atoms with Crippen LogP contribution in [0.3, 0.4) is 0 Å². The Hall–Kier alpha value is -4.38. The molecule has 0 radical (unpaired) electrons. The number of ether oxygens (including phenoxy) is 1. The van der Waals surface area contributed by atoms with Crippen LogP contribution in [-0.2, 0) is 4.79 Å². The predicted molar refractivity (Wildman–Crippen MR) is 112 cm³/mol. The Labute approximate surface area is 185 Å². The topological polar surface area (TPSA) is 153 Å². The molecular formula is C20H15ClN4O7. The molecular weight excluding hydrogens is 444 g/mol. The lowest BCUT2D eigenvalue weighted by Gasteiger charge is -2.09. The van der Waals surface area contributed by atoms with Gasteiger partial charge >= 0.3 is 6.03 Å². The molecule has 0 fully saturated rings. The van der Waals surface area contributed by atoms with Crippen molar-refractivity contribution in [3.05, 3.63) is 81.6 Å². The van der Waals surface area contributed by atoms with Crippen molar-refractivity contribution in [3.8, 4) is 17.1 Å². The van der Waals surface area contributed by atoms with Gasteiger partial charge in [0.25, 0.3) is 17.5 Å². The second-order valence-corrected chi connectivity index (χ2v) is 6.60. The van der Waals surface area contributed by atoms with E-state index in [2.05, 4.69) is 0 Å². The number of furan rings is 1. The van der Waals surface area contributed by atoms with Crippen LogP contribution >= 0.6 is 11.6 Å². The number of nitro benzene ring substituents is 1. The van der Waals surface area contributed by atoms with Crippen LogP contribution in [0.4, 0.5) is 10.5 Å². The Kier molecular flexibility index (Phi) is 7.03. The number of nitrogens with zero attached hydrogens (tertiary/aromatic N) is 1. The van der Waals surface area contributed by atoms with Crippen molar-refractivity contribution in [3.63, 3.8) is 0 Å². The van der Waals surface area contributed by atoms with Gasteiger partial charge in [-0.15, -0.1) is 0 Å². The zero-order chi connectivity index (χ0) is 23.1. The first-order chi connectivity index (χ1) is 15.3. The molecule has 164 valence electrons. The maximum Gasteiger partial charge on any atom is 0.340 e. The molecule has 3 N–H and O–H groups in total. The van der Waals surface area contributed by atoms with Crippen LogP contribution in [0.2, 0.25) is 5.02 Å². The summed E-state index contributed by atoms with van der Waals surface area (Å²) in [4.78, 5) is 45.7. The van der Waals surface area contributed by atoms with Crippen molar-refractivity contribution in [1.82, 2.24) is 16.2 Å². The van der Waals surface area contributed by atoms with Crippen LogP contribution in [-0.4, -0.2) is 29.4 Å². The van der Waals surface area contributed by atoms with Crippen molar-refractivity contribution >= 4 is 35.1 Å². The van der Waals surface area contributed by atoms with Gasteiger partial charge in [0.1, 0.15) is 11.5 Å². The molecule has 0 bridgehead atoms. The average molecular weight is 459 g/mol. The number of halogens is 1. The Balaban J connectivity index is 1.43. The number of urea groups is 1. The largest absolute Gasteiger partial charge is 0.484 e. The standard InChI is InChI=1S/C20H15ClN4O7/c21-13-3-1-12(2-4-13)16-9-10-17(32-16)19(27)22-20(28)24-23-18(26)11-31-15-7-5-14(6-8-15)25(29)30/h1-10H,11H2,(H,23,26)(H2,22,24,27,28). The van der Waals surface area contributed by atoms with Gasteiger partial charge in [0, 0.05) is 22.7 Å². The molecule has 0 aliphatic rings. The van der Waals surface area contributed by atoms with Crippen LogP contribution in [0.25, 0.3) is 11.3 Å². The molecule has 3 rings (SSSR count). The second-order valence-electron chi connectivity index (χ2n) is 6.17. The van der Waals surface area contributed by atoms with Gasteiger partial charge in [-0.2, -0.15) is 0 Å². The predicted octanol–water partition coefficient (Wildman–Crippen LogP) is 3.06. The smallest absolute Gasteiger partial charge is 0.340 e. The molecule has 2 aromatic carbocycles. The van der Waals surface area contributed by atoms with Crippen molar-refractivity contribution in [2.45, 2.75) is 0 Å². The molecule has 4 amide bonds. The number of nitro groups is 1. The molecule has 0 aliphatic heterocycles. The Morgan fingerprint density at radius 2 is 1.66 bits per heavy atom. The molecule has 11 nitrogen and oxygen atoms in total. The molecule has 0 aliphatic carbocycles. The zero-order valence-electron chi connectivity index (χ0n) is 16.2. The lowest BCUT2D eigenvalue weighted by molar-refractivity contribution is -0.384. The van der Waals surface area contributed by atoms with Gasteiger partial charge in [0.05, 0.1) is 4.92 Å². The minimum absolute atomic E-state index is 0.113. The fourth-order valence-corrected chi connectivity index (χ4v) is 2.53. The SMILES string of the molecule is O=C(COc1ccc([N+](=O)[O-])cc1)NNC(=O)NC(=O)c1ccc(-c2ccc(Cl)cc2)o1. The molecule has 1 aromatic heterocycles. The number of non-ortho nitro benzene ring substituents is 1. The maximum absolute atomic E-state index is 12.1. The van der Waals surface area contributed by atoms with Crippen molar-refractivity contribution in [2.24, 2.45) is 0 Å². The van der Waals surface area contributed by atoms with Crippen molar-refractivity contribution in [2.75, 3.05) is 6.61 Å². The quantitative estimate of drug-likeness (QED) is 0.379. The lowest BCUT2D eigenvalue weighted by atomic mass is 10.2. The summed E-state index contributed by atoms with van der Waals surface area (Å²) in [7, 11) is 0. The summed E-state index contributed by atoms with van der Waals surface area (Å²) in [5, 5.41) is 13.1. The number of hydrogen-bond acceptors (Lipinski definition) is 7. The first-order valence-electron chi connectivity index (χ1n) is 8.95. The van der Waals surface area contributed by atoms with E-state index in [0.29, 0.717) is 16.3 Å². The van der Waals surface area contributed by atoms with E-state index in [1.807, 2.05) is 16.2 Å². The number of benzene rings is 2. The Bertz CT molecular complexity index is 1140. The van der Waals surface area contributed by atoms with Gasteiger partial charge in [0.2, 0.25) is 0 Å². The molecule has 0 atom stereocenters. The fraction of sp³-hybridized carbons (Fsp3) is 0.0500. The maximum atomic E-state index is 12.1. The summed E-state index contributed by atoms with van der Waals surface area (Å²) in [5.74, 6) is -1.03. The molecule has 0 spiro atoms. The third-order valence-corrected chi connectivity index (χ3v) is 4.17. The summed E-state index contributed by atoms with van der Waals surface area (Å²) in [6.07, 6.45) is 0. The summed E-state index contributed by atoms with van der Waals surface area (Å²) in [6, 6.07) is 13.8. The monoisotopic (exact) mass is 458 g/mol. The number of hydrazine groups is 1. The molecule has 0 saturated carbocycles. The van der Waals surface area contributed by atoms with E-state index in [4.69, 9.17) is 20.8 Å². The Morgan fingerprint density at radius 1 is 0.969 bits per heavy atom. The van der Waals surface area contributed by atoms with E-state index in [0.717, 1.165) is 0 Å². The van der Waals surface area contributed by atoms with E-state index in [9.17, 15) is 24.5 Å². The number of carbonyl (C=O) groups excluding carboxylic acids is 3. The van der Waals surface area contributed by atoms with Crippen LogP contribution in [0.5, 0.6) is 5.75 Å². The third-order valence-electron chi connectivity index (χ3n) is 3.92. The third kappa shape index (κ3) is 6.06. The highest BCUT2D eigenvalue weighted by molar-refractivity contribution is 6.30. The molecule has 1 heterocycles. The Morgan fingerprint density at radius 3 is 2.31 bits per heavy atom. The normalized spacial score (nSPS) is 10.2. The summed E-state index contributed by atoms with van der Waals surface area (Å²) in [5.41, 5.74) is 4.61. The minimum Gasteiger partial charge on any atom is -0.484 e. The van der Waals surface area contributed by atoms with E-state index in [1.165, 1.54) is 30.3 Å². The summed E-state index contributed by atoms with van der Waals surface area (Å²) in [6.45, 7) is -0.478. The summed E-state index contributed by atoms with van der Waals surface area (Å²) < 4.78 is 10.6. The van der Waals surface area contributed by atoms with Gasteiger partial charge < -0.3 is 9.15 Å². The number of nitrogens with one attached hydrogen (secondary N) is 3. The average Bonchev–Trinajstić information content (AvgIpc) is 3.27. The highest BCUT2D eigenvalue weighted by atomic mass is 35.5. The van der Waals surface area contributed by atoms with Crippen molar-refractivity contribution in [1.29, 1.82) is 0 Å². The molecule has 12 heteroatoms. The highest BCUT2D eigenvalue weighted by Crippen LogP contribution is 2.23. The van der Waals surface area contributed by atoms with E-state index >= 15 is 0 Å². The second kappa shape index (κ2) is 10.1. The van der Waals surface area contributed by atoms with E-state index < -0.39 is 29.4 Å². The lowest BCUT2D eigenvalue weighted by Crippen LogP contribution is -2.49. The number of amides is 4. The van der Waals surface area contributed by atoms with Gasteiger partial charge in [-0.05, 0) is 48.5 Å². The number of imide groups is 1. The van der Waals surface area contributed by atoms with Crippen LogP contribution in [0.1, 0.15) is 10.6 Å². The van der Waals surface area contributed by atoms with E-state index in [1.54, 1.807) is 30.3 Å². The number of hydrogen-bond donors (Lipinski definition) is 3. The first kappa shape index (κ1) is 22.3.